The Morgan fingerprint density at radius 1 is 1.00 bits per heavy atom. The average molecular weight is 606 g/mol. The van der Waals surface area contributed by atoms with Crippen molar-refractivity contribution in [1.82, 2.24) is 5.01 Å². The molecule has 0 unspecified atom stereocenters. The third-order valence-electron chi connectivity index (χ3n) is 6.07. The molecule has 39 heavy (non-hydrogen) atoms. The molecule has 0 bridgehead atoms. The number of halogens is 1. The highest BCUT2D eigenvalue weighted by Crippen LogP contribution is 2.38. The van der Waals surface area contributed by atoms with E-state index in [0.29, 0.717) is 45.0 Å². The fourth-order valence-corrected chi connectivity index (χ4v) is 5.61. The molecule has 1 amide bonds. The second-order valence-electron chi connectivity index (χ2n) is 8.74. The number of thioether (sulfide) groups is 1. The summed E-state index contributed by atoms with van der Waals surface area (Å²) in [4.78, 5) is 17.1. The van der Waals surface area contributed by atoms with Crippen LogP contribution in [0.25, 0.3) is 6.08 Å². The number of fused-ring (bicyclic) bond motifs is 1. The minimum Gasteiger partial charge on any atom is -0.493 e. The van der Waals surface area contributed by atoms with Crippen LogP contribution in [0.2, 0.25) is 0 Å². The van der Waals surface area contributed by atoms with E-state index < -0.39 is 5.91 Å². The van der Waals surface area contributed by atoms with Gasteiger partial charge in [0.1, 0.15) is 24.0 Å². The predicted molar refractivity (Wildman–Crippen MR) is 158 cm³/mol. The smallest absolute Gasteiger partial charge is 0.283 e. The molecule has 0 aromatic heterocycles. The number of amidine groups is 2. The molecule has 0 spiro atoms. The van der Waals surface area contributed by atoms with Crippen LogP contribution in [0.4, 0.5) is 0 Å². The number of nitrogens with zero attached hydrogens (tertiary/aromatic N) is 3. The number of amides is 1. The number of benzene rings is 3. The van der Waals surface area contributed by atoms with Crippen molar-refractivity contribution in [1.29, 1.82) is 5.41 Å². The van der Waals surface area contributed by atoms with Crippen molar-refractivity contribution >= 4 is 55.7 Å². The van der Waals surface area contributed by atoms with Crippen molar-refractivity contribution in [2.24, 2.45) is 10.1 Å². The van der Waals surface area contributed by atoms with Gasteiger partial charge in [-0.2, -0.15) is 15.1 Å². The van der Waals surface area contributed by atoms with Crippen LogP contribution in [0.15, 0.2) is 80.8 Å². The van der Waals surface area contributed by atoms with Gasteiger partial charge in [-0.05, 0) is 82.5 Å². The number of carbonyl (C=O) groups is 1. The Morgan fingerprint density at radius 2 is 1.72 bits per heavy atom. The Bertz CT molecular complexity index is 1570. The second-order valence-corrected chi connectivity index (χ2v) is 10.5. The van der Waals surface area contributed by atoms with Gasteiger partial charge in [0.15, 0.2) is 17.3 Å². The predicted octanol–water partition coefficient (Wildman–Crippen LogP) is 6.20. The summed E-state index contributed by atoms with van der Waals surface area (Å²) in [5, 5.41) is 15.8. The lowest BCUT2D eigenvalue weighted by Crippen LogP contribution is -2.35. The first kappa shape index (κ1) is 26.7. The Hall–Kier alpha value is -3.89. The second kappa shape index (κ2) is 11.5. The topological polar surface area (TPSA) is 96.6 Å². The van der Waals surface area contributed by atoms with Crippen LogP contribution >= 0.6 is 27.7 Å². The molecule has 1 N–H and O–H groups in total. The Balaban J connectivity index is 1.33. The molecule has 5 rings (SSSR count). The van der Waals surface area contributed by atoms with Crippen molar-refractivity contribution < 1.29 is 19.0 Å². The van der Waals surface area contributed by atoms with Crippen molar-refractivity contribution in [2.75, 3.05) is 20.3 Å². The summed E-state index contributed by atoms with van der Waals surface area (Å²) in [6, 6.07) is 19.2. The van der Waals surface area contributed by atoms with Gasteiger partial charge in [-0.1, -0.05) is 42.5 Å². The van der Waals surface area contributed by atoms with Gasteiger partial charge in [-0.25, -0.2) is 0 Å². The van der Waals surface area contributed by atoms with Crippen LogP contribution in [-0.2, 0) is 4.79 Å². The summed E-state index contributed by atoms with van der Waals surface area (Å²) in [5.74, 6) is 1.27. The Kier molecular flexibility index (Phi) is 7.85. The van der Waals surface area contributed by atoms with Gasteiger partial charge in [0.2, 0.25) is 5.17 Å². The SMILES string of the molecule is COc1cc(/C=C2/C(=N)N3N=C(c4ccccc4C)SC3=NC2=O)cc(Br)c1OCCOc1ccccc1C. The number of rotatable bonds is 8. The molecule has 2 aliphatic rings. The molecule has 3 aromatic carbocycles. The summed E-state index contributed by atoms with van der Waals surface area (Å²) in [7, 11) is 1.54. The first-order valence-electron chi connectivity index (χ1n) is 12.1. The molecule has 3 aromatic rings. The summed E-state index contributed by atoms with van der Waals surface area (Å²) >= 11 is 4.83. The van der Waals surface area contributed by atoms with Crippen LogP contribution in [-0.4, -0.2) is 47.3 Å². The minimum absolute atomic E-state index is 0.0372. The molecular weight excluding hydrogens is 580 g/mol. The third-order valence-corrected chi connectivity index (χ3v) is 7.60. The minimum atomic E-state index is -0.497. The van der Waals surface area contributed by atoms with Crippen LogP contribution in [0.1, 0.15) is 22.3 Å². The zero-order chi connectivity index (χ0) is 27.5. The molecule has 0 aliphatic carbocycles. The van der Waals surface area contributed by atoms with Gasteiger partial charge >= 0.3 is 0 Å². The number of ether oxygens (including phenoxy) is 3. The highest BCUT2D eigenvalue weighted by Gasteiger charge is 2.36. The largest absolute Gasteiger partial charge is 0.493 e. The number of para-hydroxylation sites is 1. The number of methoxy groups -OCH3 is 1. The quantitative estimate of drug-likeness (QED) is 0.243. The molecular formula is C29H25BrN4O4S. The van der Waals surface area contributed by atoms with E-state index in [0.717, 1.165) is 22.4 Å². The van der Waals surface area contributed by atoms with E-state index in [1.54, 1.807) is 25.3 Å². The number of hydrazone groups is 1. The first-order chi connectivity index (χ1) is 18.9. The number of nitrogens with one attached hydrogen (secondary N) is 1. The molecule has 0 atom stereocenters. The summed E-state index contributed by atoms with van der Waals surface area (Å²) in [6.45, 7) is 4.65. The van der Waals surface area contributed by atoms with Crippen LogP contribution < -0.4 is 14.2 Å². The third kappa shape index (κ3) is 5.62. The van der Waals surface area contributed by atoms with E-state index in [1.165, 1.54) is 16.8 Å². The summed E-state index contributed by atoms with van der Waals surface area (Å²) in [5.41, 5.74) is 3.82. The molecule has 2 aliphatic heterocycles. The summed E-state index contributed by atoms with van der Waals surface area (Å²) < 4.78 is 18.0. The van der Waals surface area contributed by atoms with Crippen molar-refractivity contribution in [3.05, 3.63) is 93.0 Å². The van der Waals surface area contributed by atoms with E-state index in [1.807, 2.05) is 62.4 Å². The zero-order valence-electron chi connectivity index (χ0n) is 21.5. The van der Waals surface area contributed by atoms with E-state index in [9.17, 15) is 4.79 Å². The van der Waals surface area contributed by atoms with E-state index in [-0.39, 0.29) is 11.4 Å². The van der Waals surface area contributed by atoms with E-state index in [4.69, 9.17) is 19.6 Å². The fourth-order valence-electron chi connectivity index (χ4n) is 4.06. The first-order valence-corrected chi connectivity index (χ1v) is 13.7. The maximum Gasteiger partial charge on any atom is 0.283 e. The highest BCUT2D eigenvalue weighted by molar-refractivity contribution is 9.10. The molecule has 2 heterocycles. The lowest BCUT2D eigenvalue weighted by molar-refractivity contribution is -0.114. The molecule has 10 heteroatoms. The summed E-state index contributed by atoms with van der Waals surface area (Å²) in [6.07, 6.45) is 1.61. The molecule has 198 valence electrons. The van der Waals surface area contributed by atoms with Crippen LogP contribution in [0.3, 0.4) is 0 Å². The maximum atomic E-state index is 12.9. The molecule has 8 nitrogen and oxygen atoms in total. The molecule has 0 fully saturated rings. The molecule has 0 saturated heterocycles. The number of aryl methyl sites for hydroxylation is 2. The highest BCUT2D eigenvalue weighted by atomic mass is 79.9. The number of hydrogen-bond donors (Lipinski definition) is 1. The fraction of sp³-hybridized carbons (Fsp3) is 0.172. The molecule has 0 radical (unpaired) electrons. The van der Waals surface area contributed by atoms with E-state index >= 15 is 0 Å². The number of aliphatic imine (C=N–C) groups is 1. The normalized spacial score (nSPS) is 15.7. The van der Waals surface area contributed by atoms with Gasteiger partial charge in [-0.15, -0.1) is 0 Å². The molecule has 0 saturated carbocycles. The van der Waals surface area contributed by atoms with Crippen molar-refractivity contribution in [3.63, 3.8) is 0 Å². The van der Waals surface area contributed by atoms with Crippen LogP contribution in [0, 0.1) is 19.3 Å². The monoisotopic (exact) mass is 604 g/mol. The lowest BCUT2D eigenvalue weighted by Gasteiger charge is -2.20. The van der Waals surface area contributed by atoms with Crippen molar-refractivity contribution in [2.45, 2.75) is 13.8 Å². The average Bonchev–Trinajstić information content (AvgIpc) is 3.34. The Morgan fingerprint density at radius 3 is 2.46 bits per heavy atom. The standard InChI is InChI=1S/C29H25BrN4O4S/c1-17-8-4-6-10-20(17)28-33-34-26(31)21(27(35)32-29(34)39-28)14-19-15-22(30)25(24(16-19)36-3)38-13-12-37-23-11-7-5-9-18(23)2/h4-11,14-16,31H,12-13H2,1-3H3/b21-14-,31-26?. The number of carbonyl (C=O) groups excluding carboxylic acids is 1. The zero-order valence-corrected chi connectivity index (χ0v) is 23.9. The maximum absolute atomic E-state index is 12.9. The number of hydrogen-bond acceptors (Lipinski definition) is 7. The van der Waals surface area contributed by atoms with Gasteiger partial charge in [-0.3, -0.25) is 10.2 Å². The van der Waals surface area contributed by atoms with E-state index in [2.05, 4.69) is 26.0 Å². The van der Waals surface area contributed by atoms with Crippen molar-refractivity contribution in [3.8, 4) is 17.2 Å². The lowest BCUT2D eigenvalue weighted by atomic mass is 10.1. The van der Waals surface area contributed by atoms with Crippen LogP contribution in [0.5, 0.6) is 17.2 Å². The van der Waals surface area contributed by atoms with Gasteiger partial charge < -0.3 is 14.2 Å². The Labute approximate surface area is 239 Å². The van der Waals surface area contributed by atoms with Gasteiger partial charge in [0.05, 0.1) is 17.2 Å². The van der Waals surface area contributed by atoms with Gasteiger partial charge in [0.25, 0.3) is 5.91 Å². The van der Waals surface area contributed by atoms with Gasteiger partial charge in [0, 0.05) is 5.56 Å².